The Kier molecular flexibility index (Phi) is 4.06. The summed E-state index contributed by atoms with van der Waals surface area (Å²) >= 11 is 0. The van der Waals surface area contributed by atoms with E-state index in [1.54, 1.807) is 0 Å². The third-order valence-corrected chi connectivity index (χ3v) is 4.23. The van der Waals surface area contributed by atoms with Gasteiger partial charge in [-0.05, 0) is 38.3 Å². The number of pyridine rings is 1. The summed E-state index contributed by atoms with van der Waals surface area (Å²) in [5.74, 6) is 0. The molecule has 2 aliphatic rings. The number of hydrogen-bond acceptors (Lipinski definition) is 4. The van der Waals surface area contributed by atoms with E-state index in [9.17, 15) is 0 Å². The van der Waals surface area contributed by atoms with Crippen LogP contribution < -0.4 is 5.32 Å². The lowest BCUT2D eigenvalue weighted by molar-refractivity contribution is -0.0557. The molecule has 2 heterocycles. The van der Waals surface area contributed by atoms with E-state index in [1.165, 1.54) is 18.4 Å². The van der Waals surface area contributed by atoms with Crippen LogP contribution in [0, 0.1) is 0 Å². The van der Waals surface area contributed by atoms with E-state index < -0.39 is 0 Å². The summed E-state index contributed by atoms with van der Waals surface area (Å²) in [7, 11) is 0. The van der Waals surface area contributed by atoms with Gasteiger partial charge in [0.2, 0.25) is 0 Å². The number of ether oxygens (including phenoxy) is 1. The highest BCUT2D eigenvalue weighted by molar-refractivity contribution is 5.14. The zero-order valence-electron chi connectivity index (χ0n) is 12.6. The minimum absolute atomic E-state index is 0.103. The van der Waals surface area contributed by atoms with Crippen LogP contribution in [0.4, 0.5) is 0 Å². The minimum atomic E-state index is 0.103. The molecule has 0 bridgehead atoms. The Bertz CT molecular complexity index is 440. The first-order chi connectivity index (χ1) is 9.63. The Morgan fingerprint density at radius 2 is 2.25 bits per heavy atom. The molecule has 1 saturated heterocycles. The van der Waals surface area contributed by atoms with Crippen molar-refractivity contribution in [2.45, 2.75) is 51.4 Å². The van der Waals surface area contributed by atoms with E-state index in [2.05, 4.69) is 41.2 Å². The fourth-order valence-corrected chi connectivity index (χ4v) is 2.58. The van der Waals surface area contributed by atoms with E-state index in [-0.39, 0.29) is 5.54 Å². The fraction of sp³-hybridized carbons (Fsp3) is 0.688. The number of morpholine rings is 1. The van der Waals surface area contributed by atoms with Gasteiger partial charge >= 0.3 is 0 Å². The summed E-state index contributed by atoms with van der Waals surface area (Å²) in [4.78, 5) is 7.07. The van der Waals surface area contributed by atoms with Gasteiger partial charge in [-0.15, -0.1) is 0 Å². The van der Waals surface area contributed by atoms with E-state index in [1.807, 2.05) is 6.20 Å². The van der Waals surface area contributed by atoms with Crippen LogP contribution in [0.5, 0.6) is 0 Å². The molecule has 110 valence electrons. The number of nitrogens with one attached hydrogen (secondary N) is 1. The van der Waals surface area contributed by atoms with Crippen molar-refractivity contribution < 1.29 is 4.74 Å². The lowest BCUT2D eigenvalue weighted by Gasteiger charge is -2.41. The van der Waals surface area contributed by atoms with Crippen molar-refractivity contribution in [2.24, 2.45) is 0 Å². The summed E-state index contributed by atoms with van der Waals surface area (Å²) in [6, 6.07) is 5.12. The number of aromatic nitrogens is 1. The molecule has 20 heavy (non-hydrogen) atoms. The van der Waals surface area contributed by atoms with E-state index in [4.69, 9.17) is 4.74 Å². The van der Waals surface area contributed by atoms with Crippen molar-refractivity contribution in [3.8, 4) is 0 Å². The van der Waals surface area contributed by atoms with Crippen LogP contribution >= 0.6 is 0 Å². The first kappa shape index (κ1) is 14.0. The Labute approximate surface area is 121 Å². The van der Waals surface area contributed by atoms with Crippen LogP contribution in [-0.2, 0) is 17.8 Å². The molecule has 2 fully saturated rings. The molecule has 4 heteroatoms. The van der Waals surface area contributed by atoms with Crippen LogP contribution in [0.15, 0.2) is 18.3 Å². The van der Waals surface area contributed by atoms with Gasteiger partial charge in [0.1, 0.15) is 0 Å². The predicted octanol–water partition coefficient (Wildman–Crippen LogP) is 1.94. The Morgan fingerprint density at radius 3 is 2.90 bits per heavy atom. The van der Waals surface area contributed by atoms with Crippen molar-refractivity contribution in [1.82, 2.24) is 15.2 Å². The lowest BCUT2D eigenvalue weighted by Crippen LogP contribution is -2.52. The van der Waals surface area contributed by atoms with E-state index in [0.717, 1.165) is 44.6 Å². The van der Waals surface area contributed by atoms with Crippen molar-refractivity contribution in [3.63, 3.8) is 0 Å². The quantitative estimate of drug-likeness (QED) is 0.891. The third kappa shape index (κ3) is 3.57. The zero-order chi connectivity index (χ0) is 14.0. The second kappa shape index (κ2) is 5.80. The molecule has 1 saturated carbocycles. The molecule has 0 amide bonds. The molecule has 1 aromatic heterocycles. The third-order valence-electron chi connectivity index (χ3n) is 4.23. The minimum Gasteiger partial charge on any atom is -0.378 e. The smallest absolute Gasteiger partial charge is 0.0645 e. The van der Waals surface area contributed by atoms with Crippen LogP contribution in [0.2, 0.25) is 0 Å². The van der Waals surface area contributed by atoms with Crippen LogP contribution in [0.1, 0.15) is 37.9 Å². The van der Waals surface area contributed by atoms with Gasteiger partial charge in [-0.2, -0.15) is 0 Å². The molecular formula is C16H25N3O. The van der Waals surface area contributed by atoms with Crippen molar-refractivity contribution in [3.05, 3.63) is 29.6 Å². The molecule has 0 aromatic carbocycles. The highest BCUT2D eigenvalue weighted by atomic mass is 16.5. The van der Waals surface area contributed by atoms with Crippen molar-refractivity contribution in [2.75, 3.05) is 19.8 Å². The van der Waals surface area contributed by atoms with Crippen LogP contribution in [0.3, 0.4) is 0 Å². The number of hydrogen-bond donors (Lipinski definition) is 1. The normalized spacial score (nSPS) is 22.9. The highest BCUT2D eigenvalue weighted by Crippen LogP contribution is 2.21. The molecule has 1 aromatic rings. The van der Waals surface area contributed by atoms with Gasteiger partial charge in [0, 0.05) is 37.4 Å². The Hall–Kier alpha value is -0.970. The molecule has 1 aliphatic heterocycles. The molecule has 1 N–H and O–H groups in total. The first-order valence-corrected chi connectivity index (χ1v) is 7.63. The molecule has 4 nitrogen and oxygen atoms in total. The second-order valence-electron chi connectivity index (χ2n) is 6.60. The lowest BCUT2D eigenvalue weighted by atomic mass is 10.0. The monoisotopic (exact) mass is 275 g/mol. The number of rotatable bonds is 5. The molecule has 0 radical (unpaired) electrons. The summed E-state index contributed by atoms with van der Waals surface area (Å²) in [6.45, 7) is 8.94. The topological polar surface area (TPSA) is 37.4 Å². The van der Waals surface area contributed by atoms with E-state index in [0.29, 0.717) is 0 Å². The molecule has 1 aliphatic carbocycles. The fourth-order valence-electron chi connectivity index (χ4n) is 2.58. The van der Waals surface area contributed by atoms with Gasteiger partial charge in [-0.25, -0.2) is 0 Å². The molecule has 0 spiro atoms. The van der Waals surface area contributed by atoms with Gasteiger partial charge in [0.25, 0.3) is 0 Å². The molecular weight excluding hydrogens is 250 g/mol. The molecule has 0 atom stereocenters. The summed E-state index contributed by atoms with van der Waals surface area (Å²) in [5.41, 5.74) is 2.53. The Morgan fingerprint density at radius 1 is 1.40 bits per heavy atom. The standard InChI is InChI=1S/C16H25N3O/c1-16(2)12-20-8-7-19(16)11-15-4-3-13(10-18-15)9-17-14-5-6-14/h3-4,10,14,17H,5-9,11-12H2,1-2H3. The van der Waals surface area contributed by atoms with Gasteiger partial charge in [0.05, 0.1) is 18.9 Å². The van der Waals surface area contributed by atoms with Gasteiger partial charge in [-0.3, -0.25) is 9.88 Å². The van der Waals surface area contributed by atoms with Crippen LogP contribution in [0.25, 0.3) is 0 Å². The average molecular weight is 275 g/mol. The van der Waals surface area contributed by atoms with Crippen molar-refractivity contribution >= 4 is 0 Å². The predicted molar refractivity (Wildman–Crippen MR) is 79.4 cm³/mol. The second-order valence-corrected chi connectivity index (χ2v) is 6.60. The summed E-state index contributed by atoms with van der Waals surface area (Å²) < 4.78 is 5.56. The zero-order valence-corrected chi connectivity index (χ0v) is 12.6. The molecule has 0 unspecified atom stereocenters. The maximum Gasteiger partial charge on any atom is 0.0645 e. The van der Waals surface area contributed by atoms with Gasteiger partial charge < -0.3 is 10.1 Å². The van der Waals surface area contributed by atoms with Crippen molar-refractivity contribution in [1.29, 1.82) is 0 Å². The summed E-state index contributed by atoms with van der Waals surface area (Å²) in [5, 5.41) is 3.52. The maximum absolute atomic E-state index is 5.56. The molecule has 3 rings (SSSR count). The van der Waals surface area contributed by atoms with E-state index >= 15 is 0 Å². The van der Waals surface area contributed by atoms with Gasteiger partial charge in [0.15, 0.2) is 0 Å². The SMILES string of the molecule is CC1(C)COCCN1Cc1ccc(CNC2CC2)cn1. The first-order valence-electron chi connectivity index (χ1n) is 7.63. The Balaban J connectivity index is 1.56. The largest absolute Gasteiger partial charge is 0.378 e. The van der Waals surface area contributed by atoms with Crippen LogP contribution in [-0.4, -0.2) is 41.2 Å². The number of nitrogens with zero attached hydrogens (tertiary/aromatic N) is 2. The average Bonchev–Trinajstić information content (AvgIpc) is 3.24. The highest BCUT2D eigenvalue weighted by Gasteiger charge is 2.30. The summed E-state index contributed by atoms with van der Waals surface area (Å²) in [6.07, 6.45) is 4.67. The van der Waals surface area contributed by atoms with Gasteiger partial charge in [-0.1, -0.05) is 6.07 Å². The maximum atomic E-state index is 5.56.